The average Bonchev–Trinajstić information content (AvgIpc) is 2.39. The summed E-state index contributed by atoms with van der Waals surface area (Å²) >= 11 is 0. The van der Waals surface area contributed by atoms with Crippen LogP contribution < -0.4 is 5.32 Å². The fourth-order valence-corrected chi connectivity index (χ4v) is 1.98. The van der Waals surface area contributed by atoms with E-state index >= 15 is 0 Å². The molecule has 1 aliphatic heterocycles. The molecule has 0 saturated carbocycles. The molecular formula is C12H22N2O4. The number of hydrogen-bond acceptors (Lipinski definition) is 3. The largest absolute Gasteiger partial charge is 0.481 e. The number of nitrogens with one attached hydrogen (secondary N) is 1. The average molecular weight is 258 g/mol. The fraction of sp³-hybridized carbons (Fsp3) is 0.833. The van der Waals surface area contributed by atoms with E-state index in [2.05, 4.69) is 5.32 Å². The molecule has 1 atom stereocenters. The molecule has 1 saturated heterocycles. The molecule has 6 heteroatoms. The van der Waals surface area contributed by atoms with Crippen LogP contribution in [0.5, 0.6) is 0 Å². The number of hydrogen-bond donors (Lipinski definition) is 2. The highest BCUT2D eigenvalue weighted by Crippen LogP contribution is 2.12. The first kappa shape index (κ1) is 14.8. The number of amides is 2. The zero-order chi connectivity index (χ0) is 13.5. The monoisotopic (exact) mass is 258 g/mol. The van der Waals surface area contributed by atoms with Crippen molar-refractivity contribution in [2.75, 3.05) is 26.8 Å². The summed E-state index contributed by atoms with van der Waals surface area (Å²) in [6, 6.07) is -0.0229. The van der Waals surface area contributed by atoms with Gasteiger partial charge in [0.15, 0.2) is 0 Å². The van der Waals surface area contributed by atoms with E-state index < -0.39 is 11.9 Å². The summed E-state index contributed by atoms with van der Waals surface area (Å²) < 4.78 is 5.24. The zero-order valence-corrected chi connectivity index (χ0v) is 11.0. The molecule has 0 aliphatic carbocycles. The van der Waals surface area contributed by atoms with Crippen LogP contribution in [-0.4, -0.2) is 54.9 Å². The maximum atomic E-state index is 11.9. The Balaban J connectivity index is 2.37. The summed E-state index contributed by atoms with van der Waals surface area (Å²) in [5.74, 6) is -1.39. The summed E-state index contributed by atoms with van der Waals surface area (Å²) in [7, 11) is 1.74. The number of urea groups is 1. The highest BCUT2D eigenvalue weighted by Gasteiger charge is 2.23. The molecule has 1 aliphatic rings. The van der Waals surface area contributed by atoms with Gasteiger partial charge in [0.05, 0.1) is 5.92 Å². The van der Waals surface area contributed by atoms with Gasteiger partial charge in [-0.05, 0) is 19.3 Å². The lowest BCUT2D eigenvalue weighted by molar-refractivity contribution is -0.141. The second-order valence-electron chi connectivity index (χ2n) is 4.58. The fourth-order valence-electron chi connectivity index (χ4n) is 1.98. The SMILES string of the molecule is CCC(CNC(=O)N(C)C1CCOCC1)C(=O)O. The van der Waals surface area contributed by atoms with Gasteiger partial charge in [0.2, 0.25) is 0 Å². The number of carbonyl (C=O) groups is 2. The van der Waals surface area contributed by atoms with Crippen LogP contribution in [0.25, 0.3) is 0 Å². The van der Waals surface area contributed by atoms with Gasteiger partial charge in [-0.1, -0.05) is 6.92 Å². The second kappa shape index (κ2) is 7.20. The quantitative estimate of drug-likeness (QED) is 0.768. The van der Waals surface area contributed by atoms with E-state index in [9.17, 15) is 9.59 Å². The highest BCUT2D eigenvalue weighted by molar-refractivity contribution is 5.76. The van der Waals surface area contributed by atoms with Crippen molar-refractivity contribution in [3.8, 4) is 0 Å². The number of rotatable bonds is 5. The Kier molecular flexibility index (Phi) is 5.91. The summed E-state index contributed by atoms with van der Waals surface area (Å²) in [5, 5.41) is 11.6. The lowest BCUT2D eigenvalue weighted by atomic mass is 10.1. The minimum absolute atomic E-state index is 0.179. The molecule has 0 aromatic rings. The molecule has 1 unspecified atom stereocenters. The van der Waals surface area contributed by atoms with Gasteiger partial charge in [0, 0.05) is 32.8 Å². The van der Waals surface area contributed by atoms with Gasteiger partial charge in [-0.25, -0.2) is 4.79 Å². The van der Waals surface area contributed by atoms with Crippen molar-refractivity contribution in [3.63, 3.8) is 0 Å². The smallest absolute Gasteiger partial charge is 0.317 e. The molecular weight excluding hydrogens is 236 g/mol. The Morgan fingerprint density at radius 2 is 2.06 bits per heavy atom. The van der Waals surface area contributed by atoms with Crippen molar-refractivity contribution in [2.24, 2.45) is 5.92 Å². The molecule has 0 spiro atoms. The number of nitrogens with zero attached hydrogens (tertiary/aromatic N) is 1. The van der Waals surface area contributed by atoms with E-state index in [1.807, 2.05) is 0 Å². The topological polar surface area (TPSA) is 78.9 Å². The van der Waals surface area contributed by atoms with Crippen LogP contribution in [0.1, 0.15) is 26.2 Å². The van der Waals surface area contributed by atoms with Gasteiger partial charge < -0.3 is 20.1 Å². The van der Waals surface area contributed by atoms with E-state index in [0.717, 1.165) is 12.8 Å². The van der Waals surface area contributed by atoms with Crippen LogP contribution in [0.4, 0.5) is 4.79 Å². The Labute approximate surface area is 107 Å². The molecule has 2 N–H and O–H groups in total. The van der Waals surface area contributed by atoms with Crippen LogP contribution in [0, 0.1) is 5.92 Å². The standard InChI is InChI=1S/C12H22N2O4/c1-3-9(11(15)16)8-13-12(17)14(2)10-4-6-18-7-5-10/h9-10H,3-8H2,1-2H3,(H,13,17)(H,15,16). The van der Waals surface area contributed by atoms with Crippen molar-refractivity contribution >= 4 is 12.0 Å². The predicted octanol–water partition coefficient (Wildman–Crippen LogP) is 0.918. The van der Waals surface area contributed by atoms with E-state index in [4.69, 9.17) is 9.84 Å². The van der Waals surface area contributed by atoms with Crippen molar-refractivity contribution in [3.05, 3.63) is 0 Å². The third-order valence-corrected chi connectivity index (χ3v) is 3.40. The first-order valence-corrected chi connectivity index (χ1v) is 6.37. The maximum Gasteiger partial charge on any atom is 0.317 e. The highest BCUT2D eigenvalue weighted by atomic mass is 16.5. The molecule has 0 bridgehead atoms. The number of aliphatic carboxylic acids is 1. The Hall–Kier alpha value is -1.30. The first-order valence-electron chi connectivity index (χ1n) is 6.37. The van der Waals surface area contributed by atoms with Crippen molar-refractivity contribution in [1.29, 1.82) is 0 Å². The molecule has 104 valence electrons. The van der Waals surface area contributed by atoms with Crippen molar-refractivity contribution < 1.29 is 19.4 Å². The molecule has 18 heavy (non-hydrogen) atoms. The first-order chi connectivity index (χ1) is 8.56. The Morgan fingerprint density at radius 1 is 1.44 bits per heavy atom. The molecule has 0 aromatic carbocycles. The maximum absolute atomic E-state index is 11.9. The van der Waals surface area contributed by atoms with Gasteiger partial charge in [0.25, 0.3) is 0 Å². The van der Waals surface area contributed by atoms with Gasteiger partial charge in [0.1, 0.15) is 0 Å². The Morgan fingerprint density at radius 3 is 2.56 bits per heavy atom. The number of carboxylic acids is 1. The van der Waals surface area contributed by atoms with Crippen molar-refractivity contribution in [2.45, 2.75) is 32.2 Å². The Bertz CT molecular complexity index is 290. The number of ether oxygens (including phenoxy) is 1. The minimum Gasteiger partial charge on any atom is -0.481 e. The molecule has 1 rings (SSSR count). The van der Waals surface area contributed by atoms with Crippen LogP contribution in [0.2, 0.25) is 0 Å². The van der Waals surface area contributed by atoms with Gasteiger partial charge in [-0.3, -0.25) is 4.79 Å². The van der Waals surface area contributed by atoms with E-state index in [-0.39, 0.29) is 18.6 Å². The molecule has 0 aromatic heterocycles. The predicted molar refractivity (Wildman–Crippen MR) is 66.4 cm³/mol. The molecule has 1 fully saturated rings. The normalized spacial score (nSPS) is 18.1. The summed E-state index contributed by atoms with van der Waals surface area (Å²) in [5.41, 5.74) is 0. The van der Waals surface area contributed by atoms with Gasteiger partial charge >= 0.3 is 12.0 Å². The number of carbonyl (C=O) groups excluding carboxylic acids is 1. The van der Waals surface area contributed by atoms with Gasteiger partial charge in [-0.15, -0.1) is 0 Å². The van der Waals surface area contributed by atoms with Gasteiger partial charge in [-0.2, -0.15) is 0 Å². The third kappa shape index (κ3) is 4.18. The van der Waals surface area contributed by atoms with Crippen LogP contribution in [-0.2, 0) is 9.53 Å². The molecule has 0 radical (unpaired) electrons. The summed E-state index contributed by atoms with van der Waals surface area (Å²) in [4.78, 5) is 24.3. The summed E-state index contributed by atoms with van der Waals surface area (Å²) in [6.45, 7) is 3.33. The number of carboxylic acid groups (broad SMARTS) is 1. The van der Waals surface area contributed by atoms with E-state index in [1.165, 1.54) is 0 Å². The van der Waals surface area contributed by atoms with Crippen LogP contribution >= 0.6 is 0 Å². The van der Waals surface area contributed by atoms with Crippen LogP contribution in [0.3, 0.4) is 0 Å². The molecule has 1 heterocycles. The molecule has 2 amide bonds. The summed E-state index contributed by atoms with van der Waals surface area (Å²) in [6.07, 6.45) is 2.18. The third-order valence-electron chi connectivity index (χ3n) is 3.40. The molecule has 6 nitrogen and oxygen atoms in total. The second-order valence-corrected chi connectivity index (χ2v) is 4.58. The van der Waals surface area contributed by atoms with Crippen LogP contribution in [0.15, 0.2) is 0 Å². The zero-order valence-electron chi connectivity index (χ0n) is 11.0. The lowest BCUT2D eigenvalue weighted by Crippen LogP contribution is -2.47. The van der Waals surface area contributed by atoms with Crippen molar-refractivity contribution in [1.82, 2.24) is 10.2 Å². The lowest BCUT2D eigenvalue weighted by Gasteiger charge is -2.31. The minimum atomic E-state index is -0.869. The van der Waals surface area contributed by atoms with E-state index in [1.54, 1.807) is 18.9 Å². The van der Waals surface area contributed by atoms with E-state index in [0.29, 0.717) is 19.6 Å².